The first-order valence-corrected chi connectivity index (χ1v) is 21.3. The van der Waals surface area contributed by atoms with Gasteiger partial charge in [-0.05, 0) is 74.0 Å². The monoisotopic (exact) mass is 836 g/mol. The number of Topliss-reactive ketones (excluding diaryl/α,β-unsaturated/α-hetero) is 2. The number of nitrogens with zero attached hydrogens (tertiary/aromatic N) is 1. The molecule has 0 spiro atoms. The number of aromatic nitrogens is 1. The molecule has 2 heterocycles. The summed E-state index contributed by atoms with van der Waals surface area (Å²) >= 11 is 0. The Morgan fingerprint density at radius 2 is 1.36 bits per heavy atom. The number of ketones is 2. The Morgan fingerprint density at radius 3 is 2.05 bits per heavy atom. The fourth-order valence-electron chi connectivity index (χ4n) is 8.09. The molecule has 0 aliphatic carbocycles. The maximum Gasteiger partial charge on any atom is 0.245 e. The molecule has 8 N–H and O–H groups in total. The number of aromatic hydroxyl groups is 1. The summed E-state index contributed by atoms with van der Waals surface area (Å²) in [5.74, 6) is -5.32. The molecule has 14 heteroatoms. The van der Waals surface area contributed by atoms with E-state index in [2.05, 4.69) is 20.9 Å². The molecule has 326 valence electrons. The quantitative estimate of drug-likeness (QED) is 0.0976. The third kappa shape index (κ3) is 12.6. The van der Waals surface area contributed by atoms with E-state index in [9.17, 15) is 39.0 Å². The zero-order valence-electron chi connectivity index (χ0n) is 35.3. The topological polar surface area (TPSA) is 224 Å². The summed E-state index contributed by atoms with van der Waals surface area (Å²) in [6, 6.07) is 18.1. The van der Waals surface area contributed by atoms with Crippen molar-refractivity contribution in [2.24, 2.45) is 17.6 Å². The number of carbonyl (C=O) groups excluding carboxylic acids is 6. The van der Waals surface area contributed by atoms with Crippen molar-refractivity contribution >= 4 is 46.1 Å². The van der Waals surface area contributed by atoms with Gasteiger partial charge >= 0.3 is 0 Å². The standard InChI is InChI=1S/C47H60N6O8/c1-4-12-40-42(57)27-33(23-31-18-20-35(55)21-19-31)45(59)50-38(25-34-28-49-37-17-9-8-16-36(34)37)41(56)26-32(15-10-11-22-48)44(58)52-43(29(2)54)46(60)51-39(47(61)53(40)3)24-30-13-6-5-7-14-30/h5-9,13-14,16-21,28-29,32-33,38-40,43,49,54-55H,4,10-12,15,22-27,48H2,1-3H3,(H,50,59)(H,51,60)(H,52,58)/t29-,32-,33-,38-,39?,40+,43+/m1/s1. The largest absolute Gasteiger partial charge is 0.508 e. The van der Waals surface area contributed by atoms with Crippen LogP contribution < -0.4 is 21.7 Å². The summed E-state index contributed by atoms with van der Waals surface area (Å²) < 4.78 is 0. The van der Waals surface area contributed by atoms with Crippen molar-refractivity contribution < 1.29 is 39.0 Å². The number of phenolic OH excluding ortho intramolecular Hbond substituents is 1. The first kappa shape index (κ1) is 46.2. The molecule has 1 aliphatic heterocycles. The number of para-hydroxylation sites is 1. The predicted molar refractivity (Wildman–Crippen MR) is 232 cm³/mol. The molecule has 4 aromatic rings. The van der Waals surface area contributed by atoms with Gasteiger partial charge in [0, 0.05) is 61.7 Å². The Bertz CT molecular complexity index is 2120. The number of nitrogens with two attached hydrogens (primary N) is 1. The van der Waals surface area contributed by atoms with Crippen LogP contribution in [0.4, 0.5) is 0 Å². The molecule has 1 unspecified atom stereocenters. The number of H-pyrrole nitrogens is 1. The van der Waals surface area contributed by atoms with Gasteiger partial charge in [-0.2, -0.15) is 0 Å². The van der Waals surface area contributed by atoms with Crippen molar-refractivity contribution in [3.63, 3.8) is 0 Å². The Labute approximate surface area is 357 Å². The van der Waals surface area contributed by atoms with Crippen LogP contribution in [0.5, 0.6) is 5.75 Å². The Kier molecular flexibility index (Phi) is 16.8. The molecule has 14 nitrogen and oxygen atoms in total. The third-order valence-corrected chi connectivity index (χ3v) is 11.6. The van der Waals surface area contributed by atoms with Crippen LogP contribution in [0.25, 0.3) is 10.9 Å². The summed E-state index contributed by atoms with van der Waals surface area (Å²) in [6.45, 7) is 3.58. The second-order valence-corrected chi connectivity index (χ2v) is 16.2. The van der Waals surface area contributed by atoms with Crippen molar-refractivity contribution in [1.29, 1.82) is 0 Å². The second-order valence-electron chi connectivity index (χ2n) is 16.2. The van der Waals surface area contributed by atoms with Crippen LogP contribution in [0.1, 0.15) is 75.5 Å². The Balaban J connectivity index is 1.60. The Hall–Kier alpha value is -5.86. The number of fused-ring (bicyclic) bond motifs is 1. The SMILES string of the molecule is CCC[C@H]1C(=O)C[C@@H](Cc2ccc(O)cc2)C(=O)N[C@H](Cc2c[nH]c3ccccc23)C(=O)C[C@@H](CCCCN)C(=O)N[C@@H]([C@@H](C)O)C(=O)NC(Cc2ccccc2)C(=O)N1C. The van der Waals surface area contributed by atoms with Gasteiger partial charge in [0.1, 0.15) is 17.8 Å². The number of aliphatic hydroxyl groups is 1. The summed E-state index contributed by atoms with van der Waals surface area (Å²) in [7, 11) is 1.49. The maximum atomic E-state index is 14.6. The predicted octanol–water partition coefficient (Wildman–Crippen LogP) is 3.66. The van der Waals surface area contributed by atoms with Crippen LogP contribution in [0.3, 0.4) is 0 Å². The number of unbranched alkanes of at least 4 members (excludes halogenated alkanes) is 1. The van der Waals surface area contributed by atoms with Crippen LogP contribution in [0.2, 0.25) is 0 Å². The summed E-state index contributed by atoms with van der Waals surface area (Å²) in [5.41, 5.74) is 8.77. The fraction of sp³-hybridized carbons (Fsp3) is 0.447. The van der Waals surface area contributed by atoms with E-state index in [1.807, 2.05) is 37.3 Å². The van der Waals surface area contributed by atoms with Gasteiger partial charge < -0.3 is 41.8 Å². The lowest BCUT2D eigenvalue weighted by molar-refractivity contribution is -0.143. The van der Waals surface area contributed by atoms with Gasteiger partial charge in [-0.3, -0.25) is 28.8 Å². The molecule has 1 aromatic heterocycles. The molecule has 1 fully saturated rings. The fourth-order valence-corrected chi connectivity index (χ4v) is 8.09. The average molecular weight is 837 g/mol. The summed E-state index contributed by atoms with van der Waals surface area (Å²) in [4.78, 5) is 91.0. The van der Waals surface area contributed by atoms with E-state index < -0.39 is 71.5 Å². The van der Waals surface area contributed by atoms with Crippen LogP contribution in [-0.2, 0) is 48.0 Å². The van der Waals surface area contributed by atoms with Crippen molar-refractivity contribution in [2.75, 3.05) is 13.6 Å². The zero-order valence-corrected chi connectivity index (χ0v) is 35.3. The maximum absolute atomic E-state index is 14.6. The second kappa shape index (κ2) is 22.1. The molecule has 7 atom stereocenters. The minimum Gasteiger partial charge on any atom is -0.508 e. The van der Waals surface area contributed by atoms with Crippen LogP contribution in [-0.4, -0.2) is 99.2 Å². The van der Waals surface area contributed by atoms with Crippen molar-refractivity contribution in [2.45, 2.75) is 108 Å². The lowest BCUT2D eigenvalue weighted by Gasteiger charge is -2.33. The first-order valence-electron chi connectivity index (χ1n) is 21.3. The highest BCUT2D eigenvalue weighted by molar-refractivity contribution is 5.98. The van der Waals surface area contributed by atoms with Gasteiger partial charge in [-0.25, -0.2) is 0 Å². The van der Waals surface area contributed by atoms with Gasteiger partial charge in [0.15, 0.2) is 11.6 Å². The van der Waals surface area contributed by atoms with Crippen LogP contribution in [0.15, 0.2) is 85.1 Å². The normalized spacial score (nSPS) is 23.2. The van der Waals surface area contributed by atoms with Crippen molar-refractivity contribution in [3.8, 4) is 5.75 Å². The average Bonchev–Trinajstić information content (AvgIpc) is 3.66. The van der Waals surface area contributed by atoms with Gasteiger partial charge in [0.2, 0.25) is 23.6 Å². The molecular formula is C47H60N6O8. The van der Waals surface area contributed by atoms with E-state index >= 15 is 0 Å². The lowest BCUT2D eigenvalue weighted by atomic mass is 9.87. The third-order valence-electron chi connectivity index (χ3n) is 11.6. The van der Waals surface area contributed by atoms with E-state index in [0.29, 0.717) is 31.4 Å². The number of aliphatic hydroxyl groups excluding tert-OH is 1. The summed E-state index contributed by atoms with van der Waals surface area (Å²) in [5, 5.41) is 30.2. The number of hydrogen-bond acceptors (Lipinski definition) is 9. The number of rotatable bonds is 13. The minimum atomic E-state index is -1.50. The van der Waals surface area contributed by atoms with Crippen molar-refractivity contribution in [1.82, 2.24) is 25.8 Å². The molecule has 1 aliphatic rings. The molecule has 0 bridgehead atoms. The molecule has 0 radical (unpaired) electrons. The molecule has 0 saturated carbocycles. The van der Waals surface area contributed by atoms with Crippen molar-refractivity contribution in [3.05, 3.63) is 102 Å². The van der Waals surface area contributed by atoms with E-state index in [4.69, 9.17) is 5.73 Å². The van der Waals surface area contributed by atoms with E-state index in [1.54, 1.807) is 42.6 Å². The molecule has 5 rings (SSSR count). The molecule has 3 aromatic carbocycles. The minimum absolute atomic E-state index is 0.0310. The van der Waals surface area contributed by atoms with E-state index in [0.717, 1.165) is 22.0 Å². The molecule has 61 heavy (non-hydrogen) atoms. The zero-order chi connectivity index (χ0) is 44.1. The molecular weight excluding hydrogens is 777 g/mol. The van der Waals surface area contributed by atoms with E-state index in [-0.39, 0.29) is 56.5 Å². The van der Waals surface area contributed by atoms with Gasteiger partial charge in [-0.15, -0.1) is 0 Å². The number of carbonyl (C=O) groups is 6. The number of hydrogen-bond donors (Lipinski definition) is 7. The highest BCUT2D eigenvalue weighted by Gasteiger charge is 2.38. The van der Waals surface area contributed by atoms with Gasteiger partial charge in [0.05, 0.1) is 18.2 Å². The summed E-state index contributed by atoms with van der Waals surface area (Å²) in [6.07, 6.45) is 2.05. The number of benzene rings is 3. The van der Waals surface area contributed by atoms with E-state index in [1.165, 1.54) is 31.0 Å². The van der Waals surface area contributed by atoms with Crippen LogP contribution >= 0.6 is 0 Å². The first-order chi connectivity index (χ1) is 29.3. The lowest BCUT2D eigenvalue weighted by Crippen LogP contribution is -2.59. The molecule has 1 saturated heterocycles. The highest BCUT2D eigenvalue weighted by Crippen LogP contribution is 2.25. The van der Waals surface area contributed by atoms with Gasteiger partial charge in [0.25, 0.3) is 0 Å². The molecule has 4 amide bonds. The number of aromatic amines is 1. The highest BCUT2D eigenvalue weighted by atomic mass is 16.3. The number of phenols is 1. The van der Waals surface area contributed by atoms with Gasteiger partial charge in [-0.1, -0.05) is 80.4 Å². The number of likely N-dealkylation sites (N-methyl/N-ethyl adjacent to an activating group) is 1. The Morgan fingerprint density at radius 1 is 0.721 bits per heavy atom. The number of nitrogens with one attached hydrogen (secondary N) is 4. The smallest absolute Gasteiger partial charge is 0.245 e. The number of amides is 4. The van der Waals surface area contributed by atoms with Crippen LogP contribution in [0, 0.1) is 11.8 Å².